The summed E-state index contributed by atoms with van der Waals surface area (Å²) in [4.78, 5) is 39.1. The summed E-state index contributed by atoms with van der Waals surface area (Å²) in [6, 6.07) is 1.21. The minimum atomic E-state index is -0.870. The summed E-state index contributed by atoms with van der Waals surface area (Å²) < 4.78 is 0. The van der Waals surface area contributed by atoms with Crippen molar-refractivity contribution in [1.82, 2.24) is 14.9 Å². The number of hydrogen-bond acceptors (Lipinski definition) is 6. The van der Waals surface area contributed by atoms with E-state index >= 15 is 0 Å². The second-order valence-corrected chi connectivity index (χ2v) is 8.39. The lowest BCUT2D eigenvalue weighted by Crippen LogP contribution is -2.44. The van der Waals surface area contributed by atoms with E-state index in [-0.39, 0.29) is 17.2 Å². The summed E-state index contributed by atoms with van der Waals surface area (Å²) in [5, 5.41) is 9.63. The van der Waals surface area contributed by atoms with E-state index in [1.54, 1.807) is 11.1 Å². The molecule has 0 radical (unpaired) electrons. The van der Waals surface area contributed by atoms with Crippen molar-refractivity contribution in [3.05, 3.63) is 12.3 Å². The Bertz CT molecular complexity index is 741. The Balaban J connectivity index is 1.45. The number of aliphatic carboxylic acids is 1. The van der Waals surface area contributed by atoms with Gasteiger partial charge in [0.15, 0.2) is 0 Å². The Labute approximate surface area is 159 Å². The first-order chi connectivity index (χ1) is 12.9. The van der Waals surface area contributed by atoms with Gasteiger partial charge in [-0.2, -0.15) is 4.98 Å². The number of carbonyl (C=O) groups excluding carboxylic acids is 1. The van der Waals surface area contributed by atoms with E-state index in [1.165, 1.54) is 0 Å². The molecule has 2 aliphatic heterocycles. The van der Waals surface area contributed by atoms with Crippen LogP contribution in [0.4, 0.5) is 11.8 Å². The van der Waals surface area contributed by atoms with E-state index in [9.17, 15) is 14.7 Å². The van der Waals surface area contributed by atoms with Crippen LogP contribution >= 0.6 is 0 Å². The largest absolute Gasteiger partial charge is 0.480 e. The van der Waals surface area contributed by atoms with Gasteiger partial charge in [0.2, 0.25) is 11.9 Å². The topological polar surface area (TPSA) is 89.9 Å². The third-order valence-electron chi connectivity index (χ3n) is 6.20. The second kappa shape index (κ2) is 6.65. The third kappa shape index (κ3) is 3.44. The van der Waals surface area contributed by atoms with Gasteiger partial charge in [-0.1, -0.05) is 0 Å². The standard InChI is InChI=1S/C19H27N5O3/c1-22(2)15-5-8-20-18(21-15)23-9-6-19(7-10-23)11-14(17(26)27)24(12-19)16(25)13-3-4-13/h5,8,13-14H,3-4,6-7,9-12H2,1-2H3,(H,26,27)/t14-/m0/s1. The fourth-order valence-corrected chi connectivity index (χ4v) is 4.36. The second-order valence-electron chi connectivity index (χ2n) is 8.39. The summed E-state index contributed by atoms with van der Waals surface area (Å²) >= 11 is 0. The molecule has 0 aromatic carbocycles. The Morgan fingerprint density at radius 3 is 2.56 bits per heavy atom. The normalized spacial score (nSPS) is 24.3. The monoisotopic (exact) mass is 373 g/mol. The van der Waals surface area contributed by atoms with Crippen molar-refractivity contribution in [2.45, 2.75) is 38.1 Å². The maximum atomic E-state index is 12.6. The highest BCUT2D eigenvalue weighted by atomic mass is 16.4. The molecule has 8 nitrogen and oxygen atoms in total. The molecule has 1 spiro atoms. The van der Waals surface area contributed by atoms with Crippen molar-refractivity contribution in [2.75, 3.05) is 43.5 Å². The minimum absolute atomic E-state index is 0.0451. The highest BCUT2D eigenvalue weighted by molar-refractivity contribution is 5.87. The number of likely N-dealkylation sites (tertiary alicyclic amines) is 1. The zero-order valence-electron chi connectivity index (χ0n) is 16.0. The number of carboxylic acids is 1. The summed E-state index contributed by atoms with van der Waals surface area (Å²) in [6.45, 7) is 2.15. The number of amides is 1. The van der Waals surface area contributed by atoms with E-state index in [2.05, 4.69) is 14.9 Å². The van der Waals surface area contributed by atoms with Crippen LogP contribution < -0.4 is 9.80 Å². The number of piperidine rings is 1. The molecule has 1 atom stereocenters. The lowest BCUT2D eigenvalue weighted by molar-refractivity contribution is -0.148. The van der Waals surface area contributed by atoms with Gasteiger partial charge >= 0.3 is 5.97 Å². The molecule has 3 fully saturated rings. The number of rotatable bonds is 4. The van der Waals surface area contributed by atoms with Gasteiger partial charge in [-0.05, 0) is 43.6 Å². The molecule has 1 aliphatic carbocycles. The van der Waals surface area contributed by atoms with E-state index in [0.29, 0.717) is 13.0 Å². The molecule has 1 aromatic heterocycles. The van der Waals surface area contributed by atoms with Crippen LogP contribution in [0.2, 0.25) is 0 Å². The molecule has 4 rings (SSSR count). The lowest BCUT2D eigenvalue weighted by atomic mass is 9.76. The lowest BCUT2D eigenvalue weighted by Gasteiger charge is -2.39. The van der Waals surface area contributed by atoms with Gasteiger partial charge in [-0.25, -0.2) is 9.78 Å². The van der Waals surface area contributed by atoms with Crippen molar-refractivity contribution in [3.63, 3.8) is 0 Å². The summed E-state index contributed by atoms with van der Waals surface area (Å²) in [5.41, 5.74) is -0.0940. The third-order valence-corrected chi connectivity index (χ3v) is 6.20. The summed E-state index contributed by atoms with van der Waals surface area (Å²) in [6.07, 6.45) is 5.87. The molecule has 3 heterocycles. The molecule has 1 N–H and O–H groups in total. The van der Waals surface area contributed by atoms with Gasteiger partial charge in [0, 0.05) is 45.8 Å². The van der Waals surface area contributed by atoms with Crippen LogP contribution in [0.3, 0.4) is 0 Å². The van der Waals surface area contributed by atoms with Gasteiger partial charge in [0.05, 0.1) is 0 Å². The zero-order valence-corrected chi connectivity index (χ0v) is 16.0. The molecule has 27 heavy (non-hydrogen) atoms. The van der Waals surface area contributed by atoms with E-state index in [1.807, 2.05) is 25.1 Å². The van der Waals surface area contributed by atoms with Gasteiger partial charge in [-0.15, -0.1) is 0 Å². The Morgan fingerprint density at radius 1 is 1.26 bits per heavy atom. The quantitative estimate of drug-likeness (QED) is 0.849. The fraction of sp³-hybridized carbons (Fsp3) is 0.684. The summed E-state index contributed by atoms with van der Waals surface area (Å²) in [5.74, 6) is 0.821. The van der Waals surface area contributed by atoms with Crippen LogP contribution in [-0.2, 0) is 9.59 Å². The van der Waals surface area contributed by atoms with Crippen LogP contribution in [0.1, 0.15) is 32.1 Å². The highest BCUT2D eigenvalue weighted by Gasteiger charge is 2.51. The van der Waals surface area contributed by atoms with E-state index < -0.39 is 12.0 Å². The van der Waals surface area contributed by atoms with Crippen LogP contribution in [0, 0.1) is 11.3 Å². The minimum Gasteiger partial charge on any atom is -0.480 e. The molecule has 3 aliphatic rings. The fourth-order valence-electron chi connectivity index (χ4n) is 4.36. The van der Waals surface area contributed by atoms with Crippen LogP contribution in [0.5, 0.6) is 0 Å². The predicted octanol–water partition coefficient (Wildman–Crippen LogP) is 1.22. The average molecular weight is 373 g/mol. The molecule has 2 saturated heterocycles. The van der Waals surface area contributed by atoms with Crippen molar-refractivity contribution >= 4 is 23.6 Å². The van der Waals surface area contributed by atoms with E-state index in [0.717, 1.165) is 50.5 Å². The van der Waals surface area contributed by atoms with Crippen LogP contribution in [0.25, 0.3) is 0 Å². The number of carbonyl (C=O) groups is 2. The molecule has 1 aromatic rings. The SMILES string of the molecule is CN(C)c1ccnc(N2CCC3(CC2)C[C@@H](C(=O)O)N(C(=O)C2CC2)C3)n1. The number of carboxylic acid groups (broad SMARTS) is 1. The first-order valence-corrected chi connectivity index (χ1v) is 9.67. The van der Waals surface area contributed by atoms with Gasteiger partial charge in [0.25, 0.3) is 0 Å². The number of aromatic nitrogens is 2. The Hall–Kier alpha value is -2.38. The Morgan fingerprint density at radius 2 is 1.96 bits per heavy atom. The molecule has 1 saturated carbocycles. The zero-order chi connectivity index (χ0) is 19.2. The average Bonchev–Trinajstić information content (AvgIpc) is 3.44. The molecular formula is C19H27N5O3. The number of anilines is 2. The van der Waals surface area contributed by atoms with Crippen LogP contribution in [-0.4, -0.2) is 71.6 Å². The maximum Gasteiger partial charge on any atom is 0.326 e. The Kier molecular flexibility index (Phi) is 4.44. The molecule has 0 bridgehead atoms. The summed E-state index contributed by atoms with van der Waals surface area (Å²) in [7, 11) is 3.90. The molecule has 8 heteroatoms. The first kappa shape index (κ1) is 18.0. The van der Waals surface area contributed by atoms with Gasteiger partial charge < -0.3 is 19.8 Å². The van der Waals surface area contributed by atoms with Crippen LogP contribution in [0.15, 0.2) is 12.3 Å². The van der Waals surface area contributed by atoms with Gasteiger partial charge in [-0.3, -0.25) is 4.79 Å². The van der Waals surface area contributed by atoms with E-state index in [4.69, 9.17) is 0 Å². The molecule has 0 unspecified atom stereocenters. The smallest absolute Gasteiger partial charge is 0.326 e. The van der Waals surface area contributed by atoms with Crippen molar-refractivity contribution in [2.24, 2.45) is 11.3 Å². The first-order valence-electron chi connectivity index (χ1n) is 9.67. The van der Waals surface area contributed by atoms with Crippen molar-refractivity contribution in [1.29, 1.82) is 0 Å². The van der Waals surface area contributed by atoms with Crippen molar-refractivity contribution in [3.8, 4) is 0 Å². The number of nitrogens with zero attached hydrogens (tertiary/aromatic N) is 5. The molecular weight excluding hydrogens is 346 g/mol. The van der Waals surface area contributed by atoms with Crippen molar-refractivity contribution < 1.29 is 14.7 Å². The maximum absolute atomic E-state index is 12.6. The molecule has 1 amide bonds. The predicted molar refractivity (Wildman–Crippen MR) is 101 cm³/mol. The number of hydrogen-bond donors (Lipinski definition) is 1. The highest BCUT2D eigenvalue weighted by Crippen LogP contribution is 2.45. The molecule has 146 valence electrons. The van der Waals surface area contributed by atoms with Gasteiger partial charge in [0.1, 0.15) is 11.9 Å².